The molecule has 0 saturated heterocycles. The van der Waals surface area contributed by atoms with Crippen LogP contribution in [0.25, 0.3) is 0 Å². The predicted octanol–water partition coefficient (Wildman–Crippen LogP) is 3.16. The highest BCUT2D eigenvalue weighted by atomic mass is 32.2. The second kappa shape index (κ2) is 7.34. The Hall–Kier alpha value is -1.56. The van der Waals surface area contributed by atoms with Crippen molar-refractivity contribution in [1.82, 2.24) is 4.90 Å². The number of amides is 1. The zero-order chi connectivity index (χ0) is 17.0. The molecule has 0 bridgehead atoms. The fourth-order valence-electron chi connectivity index (χ4n) is 3.19. The monoisotopic (exact) mass is 338 g/mol. The number of carbonyl (C=O) groups is 1. The van der Waals surface area contributed by atoms with Crippen LogP contribution in [0.5, 0.6) is 0 Å². The molecule has 1 aliphatic carbocycles. The van der Waals surface area contributed by atoms with E-state index in [0.717, 1.165) is 24.7 Å². The van der Waals surface area contributed by atoms with Crippen LogP contribution >= 0.6 is 0 Å². The van der Waals surface area contributed by atoms with Crippen LogP contribution < -0.4 is 4.72 Å². The van der Waals surface area contributed by atoms with Gasteiger partial charge in [-0.2, -0.15) is 0 Å². The lowest BCUT2D eigenvalue weighted by molar-refractivity contribution is 0.0648. The molecular formula is C17H26N2O3S. The first-order chi connectivity index (χ1) is 10.8. The quantitative estimate of drug-likeness (QED) is 0.897. The molecule has 1 N–H and O–H groups in total. The lowest BCUT2D eigenvalue weighted by Crippen LogP contribution is -2.41. The number of aryl methyl sites for hydroxylation is 1. The molecular weight excluding hydrogens is 312 g/mol. The third-order valence-corrected chi connectivity index (χ3v) is 4.99. The zero-order valence-electron chi connectivity index (χ0n) is 14.1. The van der Waals surface area contributed by atoms with E-state index in [9.17, 15) is 13.2 Å². The van der Waals surface area contributed by atoms with Crippen molar-refractivity contribution in [3.8, 4) is 0 Å². The van der Waals surface area contributed by atoms with E-state index in [1.54, 1.807) is 18.2 Å². The average Bonchev–Trinajstić information content (AvgIpc) is 2.50. The summed E-state index contributed by atoms with van der Waals surface area (Å²) >= 11 is 0. The van der Waals surface area contributed by atoms with Crippen LogP contribution in [0.2, 0.25) is 0 Å². The van der Waals surface area contributed by atoms with Gasteiger partial charge in [0.15, 0.2) is 0 Å². The molecule has 0 unspecified atom stereocenters. The molecule has 23 heavy (non-hydrogen) atoms. The van der Waals surface area contributed by atoms with Gasteiger partial charge < -0.3 is 4.90 Å². The summed E-state index contributed by atoms with van der Waals surface area (Å²) in [6, 6.07) is 5.50. The van der Waals surface area contributed by atoms with Gasteiger partial charge in [0.2, 0.25) is 10.0 Å². The molecule has 1 aromatic carbocycles. The molecule has 128 valence electrons. The van der Waals surface area contributed by atoms with E-state index < -0.39 is 10.0 Å². The number of rotatable bonds is 5. The minimum absolute atomic E-state index is 0.0176. The van der Waals surface area contributed by atoms with E-state index in [1.807, 2.05) is 18.7 Å². The number of benzene rings is 1. The summed E-state index contributed by atoms with van der Waals surface area (Å²) in [5.74, 6) is -0.0176. The average molecular weight is 338 g/mol. The lowest BCUT2D eigenvalue weighted by Gasteiger charge is -2.33. The van der Waals surface area contributed by atoms with Gasteiger partial charge >= 0.3 is 0 Å². The molecule has 1 amide bonds. The SMILES string of the molecule is CCN(C(=O)c1ccc(C)c(NS(C)(=O)=O)c1)C1CCCCC1. The number of hydrogen-bond acceptors (Lipinski definition) is 3. The first-order valence-corrected chi connectivity index (χ1v) is 10.1. The Morgan fingerprint density at radius 3 is 2.48 bits per heavy atom. The number of hydrogen-bond donors (Lipinski definition) is 1. The second-order valence-electron chi connectivity index (χ2n) is 6.29. The van der Waals surface area contributed by atoms with Crippen molar-refractivity contribution in [2.24, 2.45) is 0 Å². The molecule has 1 fully saturated rings. The van der Waals surface area contributed by atoms with Crippen molar-refractivity contribution < 1.29 is 13.2 Å². The number of nitrogens with one attached hydrogen (secondary N) is 1. The Kier molecular flexibility index (Phi) is 5.68. The van der Waals surface area contributed by atoms with Gasteiger partial charge in [-0.1, -0.05) is 25.3 Å². The maximum absolute atomic E-state index is 12.9. The Labute approximate surface area is 139 Å². The fraction of sp³-hybridized carbons (Fsp3) is 0.588. The van der Waals surface area contributed by atoms with E-state index in [-0.39, 0.29) is 5.91 Å². The van der Waals surface area contributed by atoms with Gasteiger partial charge in [0.25, 0.3) is 5.91 Å². The van der Waals surface area contributed by atoms with Crippen molar-refractivity contribution in [1.29, 1.82) is 0 Å². The summed E-state index contributed by atoms with van der Waals surface area (Å²) in [6.07, 6.45) is 6.81. The summed E-state index contributed by atoms with van der Waals surface area (Å²) in [7, 11) is -3.36. The van der Waals surface area contributed by atoms with Crippen molar-refractivity contribution in [2.45, 2.75) is 52.0 Å². The summed E-state index contributed by atoms with van der Waals surface area (Å²) in [5, 5.41) is 0. The van der Waals surface area contributed by atoms with E-state index in [2.05, 4.69) is 4.72 Å². The molecule has 0 atom stereocenters. The number of sulfonamides is 1. The van der Waals surface area contributed by atoms with E-state index >= 15 is 0 Å². The van der Waals surface area contributed by atoms with E-state index in [4.69, 9.17) is 0 Å². The molecule has 1 aromatic rings. The summed E-state index contributed by atoms with van der Waals surface area (Å²) in [4.78, 5) is 14.8. The van der Waals surface area contributed by atoms with Crippen LogP contribution in [0.15, 0.2) is 18.2 Å². The molecule has 5 nitrogen and oxygen atoms in total. The summed E-state index contributed by atoms with van der Waals surface area (Å²) in [5.41, 5.74) is 1.81. The van der Waals surface area contributed by atoms with Crippen LogP contribution in [0.3, 0.4) is 0 Å². The Morgan fingerprint density at radius 1 is 1.26 bits per heavy atom. The van der Waals surface area contributed by atoms with Crippen LogP contribution in [-0.2, 0) is 10.0 Å². The highest BCUT2D eigenvalue weighted by Crippen LogP contribution is 2.25. The Bertz CT molecular complexity index is 664. The van der Waals surface area contributed by atoms with Crippen LogP contribution in [-0.4, -0.2) is 38.1 Å². The van der Waals surface area contributed by atoms with Crippen LogP contribution in [0, 0.1) is 6.92 Å². The molecule has 1 saturated carbocycles. The highest BCUT2D eigenvalue weighted by molar-refractivity contribution is 7.92. The van der Waals surface area contributed by atoms with Gasteiger partial charge in [0, 0.05) is 18.2 Å². The third kappa shape index (κ3) is 4.70. The summed E-state index contributed by atoms with van der Waals surface area (Å²) in [6.45, 7) is 4.49. The van der Waals surface area contributed by atoms with Gasteiger partial charge in [0.05, 0.1) is 11.9 Å². The molecule has 0 spiro atoms. The van der Waals surface area contributed by atoms with Gasteiger partial charge in [0.1, 0.15) is 0 Å². The van der Waals surface area contributed by atoms with Crippen molar-refractivity contribution >= 4 is 21.6 Å². The predicted molar refractivity (Wildman–Crippen MR) is 93.2 cm³/mol. The molecule has 0 heterocycles. The third-order valence-electron chi connectivity index (χ3n) is 4.40. The second-order valence-corrected chi connectivity index (χ2v) is 8.04. The Balaban J connectivity index is 2.25. The summed E-state index contributed by atoms with van der Waals surface area (Å²) < 4.78 is 25.4. The molecule has 0 aliphatic heterocycles. The van der Waals surface area contributed by atoms with Gasteiger partial charge in [-0.05, 0) is 44.4 Å². The normalized spacial score (nSPS) is 16.1. The zero-order valence-corrected chi connectivity index (χ0v) is 14.9. The number of carbonyl (C=O) groups excluding carboxylic acids is 1. The number of nitrogens with zero attached hydrogens (tertiary/aromatic N) is 1. The molecule has 0 aromatic heterocycles. The first-order valence-electron chi connectivity index (χ1n) is 8.21. The largest absolute Gasteiger partial charge is 0.336 e. The topological polar surface area (TPSA) is 66.5 Å². The molecule has 6 heteroatoms. The molecule has 0 radical (unpaired) electrons. The van der Waals surface area contributed by atoms with Gasteiger partial charge in [-0.25, -0.2) is 8.42 Å². The molecule has 2 rings (SSSR count). The fourth-order valence-corrected chi connectivity index (χ4v) is 3.81. The van der Waals surface area contributed by atoms with Crippen LogP contribution in [0.1, 0.15) is 54.9 Å². The van der Waals surface area contributed by atoms with E-state index in [1.165, 1.54) is 19.3 Å². The van der Waals surface area contributed by atoms with Gasteiger partial charge in [-0.15, -0.1) is 0 Å². The maximum atomic E-state index is 12.9. The van der Waals surface area contributed by atoms with Crippen LogP contribution in [0.4, 0.5) is 5.69 Å². The van der Waals surface area contributed by atoms with Crippen molar-refractivity contribution in [3.05, 3.63) is 29.3 Å². The van der Waals surface area contributed by atoms with Crippen molar-refractivity contribution in [2.75, 3.05) is 17.5 Å². The first kappa shape index (κ1) is 17.8. The highest BCUT2D eigenvalue weighted by Gasteiger charge is 2.25. The number of anilines is 1. The lowest BCUT2D eigenvalue weighted by atomic mass is 9.93. The standard InChI is InChI=1S/C17H26N2O3S/c1-4-19(15-8-6-5-7-9-15)17(20)14-11-10-13(2)16(12-14)18-23(3,21)22/h10-12,15,18H,4-9H2,1-3H3. The van der Waals surface area contributed by atoms with Gasteiger partial charge in [-0.3, -0.25) is 9.52 Å². The molecule has 1 aliphatic rings. The minimum atomic E-state index is -3.36. The van der Waals surface area contributed by atoms with Crippen molar-refractivity contribution in [3.63, 3.8) is 0 Å². The minimum Gasteiger partial charge on any atom is -0.336 e. The Morgan fingerprint density at radius 2 is 1.91 bits per heavy atom. The van der Waals surface area contributed by atoms with E-state index in [0.29, 0.717) is 23.8 Å². The smallest absolute Gasteiger partial charge is 0.254 e. The maximum Gasteiger partial charge on any atom is 0.254 e.